The summed E-state index contributed by atoms with van der Waals surface area (Å²) in [5.41, 5.74) is 2.85. The van der Waals surface area contributed by atoms with Gasteiger partial charge in [-0.1, -0.05) is 80.6 Å². The van der Waals surface area contributed by atoms with Gasteiger partial charge in [-0.3, -0.25) is 4.79 Å². The Kier molecular flexibility index (Phi) is 14.6. The van der Waals surface area contributed by atoms with Crippen LogP contribution in [0.5, 0.6) is 0 Å². The summed E-state index contributed by atoms with van der Waals surface area (Å²) < 4.78 is 5.50. The molecular formula is C37H47N5O5S2. The summed E-state index contributed by atoms with van der Waals surface area (Å²) in [4.78, 5) is 46.7. The van der Waals surface area contributed by atoms with Gasteiger partial charge in [0.05, 0.1) is 23.4 Å². The van der Waals surface area contributed by atoms with E-state index in [0.717, 1.165) is 26.7 Å². The molecule has 10 nitrogen and oxygen atoms in total. The lowest BCUT2D eigenvalue weighted by molar-refractivity contribution is -0.126. The number of ether oxygens (including phenoxy) is 1. The van der Waals surface area contributed by atoms with E-state index >= 15 is 0 Å². The van der Waals surface area contributed by atoms with E-state index in [1.807, 2.05) is 83.6 Å². The quantitative estimate of drug-likeness (QED) is 0.103. The number of benzene rings is 2. The van der Waals surface area contributed by atoms with Crippen LogP contribution in [-0.2, 0) is 35.5 Å². The van der Waals surface area contributed by atoms with E-state index in [2.05, 4.69) is 34.8 Å². The molecule has 0 aliphatic rings. The molecule has 4 aromatic rings. The van der Waals surface area contributed by atoms with Crippen LogP contribution in [0.25, 0.3) is 0 Å². The number of nitrogens with zero attached hydrogens (tertiary/aromatic N) is 2. The molecule has 0 aliphatic heterocycles. The highest BCUT2D eigenvalue weighted by Gasteiger charge is 2.29. The summed E-state index contributed by atoms with van der Waals surface area (Å²) in [5, 5.41) is 24.3. The maximum atomic E-state index is 13.7. The molecule has 0 saturated carbocycles. The summed E-state index contributed by atoms with van der Waals surface area (Å²) in [6.45, 7) is 6.08. The van der Waals surface area contributed by atoms with Crippen LogP contribution in [0.4, 0.5) is 9.59 Å². The number of urea groups is 1. The second kappa shape index (κ2) is 19.1. The zero-order valence-electron chi connectivity index (χ0n) is 28.5. The lowest BCUT2D eigenvalue weighted by Gasteiger charge is -2.28. The van der Waals surface area contributed by atoms with E-state index in [1.165, 1.54) is 23.2 Å². The Balaban J connectivity index is 1.43. The smallest absolute Gasteiger partial charge is 0.407 e. The van der Waals surface area contributed by atoms with Crippen molar-refractivity contribution in [2.75, 3.05) is 7.05 Å². The van der Waals surface area contributed by atoms with Crippen molar-refractivity contribution in [3.05, 3.63) is 110 Å². The molecule has 0 aliphatic carbocycles. The van der Waals surface area contributed by atoms with E-state index in [0.29, 0.717) is 31.6 Å². The lowest BCUT2D eigenvalue weighted by atomic mass is 9.95. The molecule has 0 fully saturated rings. The number of aliphatic hydroxyl groups excluding tert-OH is 1. The molecule has 0 saturated heterocycles. The Hall–Kier alpha value is -4.26. The van der Waals surface area contributed by atoms with Crippen molar-refractivity contribution in [1.29, 1.82) is 0 Å². The molecule has 12 heteroatoms. The van der Waals surface area contributed by atoms with Crippen LogP contribution in [0.3, 0.4) is 0 Å². The predicted molar refractivity (Wildman–Crippen MR) is 195 cm³/mol. The van der Waals surface area contributed by atoms with Crippen LogP contribution in [0.1, 0.15) is 66.2 Å². The number of amides is 4. The minimum Gasteiger partial charge on any atom is -0.444 e. The topological polar surface area (TPSA) is 133 Å². The molecular weight excluding hydrogens is 659 g/mol. The molecule has 2 aromatic heterocycles. The SMILES string of the molecule is CC(C)c1nc(CN(C)C(=O)N[C@H](C(=O)N[C@H](CC[C@H](Cc2ccccc2)NC(=O)OCc2cccs2)Cc2ccccc2)C(C)O)cs1. The third-order valence-electron chi connectivity index (χ3n) is 7.96. The van der Waals surface area contributed by atoms with Crippen molar-refractivity contribution in [1.82, 2.24) is 25.8 Å². The third-order valence-corrected chi connectivity index (χ3v) is 10.0. The first-order valence-electron chi connectivity index (χ1n) is 16.5. The Morgan fingerprint density at radius 1 is 0.837 bits per heavy atom. The number of thiazole rings is 1. The summed E-state index contributed by atoms with van der Waals surface area (Å²) in [7, 11) is 1.63. The van der Waals surface area contributed by atoms with E-state index in [9.17, 15) is 19.5 Å². The number of carbonyl (C=O) groups is 3. The fourth-order valence-corrected chi connectivity index (χ4v) is 6.75. The molecule has 4 N–H and O–H groups in total. The van der Waals surface area contributed by atoms with Gasteiger partial charge in [0.2, 0.25) is 5.91 Å². The van der Waals surface area contributed by atoms with Crippen LogP contribution >= 0.6 is 22.7 Å². The second-order valence-corrected chi connectivity index (χ2v) is 14.4. The number of alkyl carbamates (subject to hydrolysis) is 1. The maximum absolute atomic E-state index is 13.7. The van der Waals surface area contributed by atoms with Crippen LogP contribution in [-0.4, -0.2) is 64.3 Å². The van der Waals surface area contributed by atoms with Gasteiger partial charge in [-0.25, -0.2) is 14.6 Å². The van der Waals surface area contributed by atoms with Gasteiger partial charge in [-0.2, -0.15) is 0 Å². The summed E-state index contributed by atoms with van der Waals surface area (Å²) >= 11 is 3.07. The highest BCUT2D eigenvalue weighted by atomic mass is 32.1. The number of thiophene rings is 1. The van der Waals surface area contributed by atoms with Gasteiger partial charge >= 0.3 is 12.1 Å². The van der Waals surface area contributed by atoms with Gasteiger partial charge in [0.25, 0.3) is 0 Å². The van der Waals surface area contributed by atoms with Crippen molar-refractivity contribution >= 4 is 40.7 Å². The van der Waals surface area contributed by atoms with Crippen molar-refractivity contribution in [2.24, 2.45) is 0 Å². The van der Waals surface area contributed by atoms with Gasteiger partial charge in [0.15, 0.2) is 0 Å². The first kappa shape index (κ1) is 37.6. The second-order valence-electron chi connectivity index (χ2n) is 12.5. The van der Waals surface area contributed by atoms with Crippen molar-refractivity contribution in [3.8, 4) is 0 Å². The van der Waals surface area contributed by atoms with Gasteiger partial charge in [0, 0.05) is 35.3 Å². The van der Waals surface area contributed by atoms with E-state index in [-0.39, 0.29) is 25.2 Å². The number of carbonyl (C=O) groups excluding carboxylic acids is 3. The van der Waals surface area contributed by atoms with Crippen molar-refractivity contribution in [2.45, 2.75) is 89.8 Å². The standard InChI is InChI=1S/C37H47N5O5S2/c1-25(2)35-39-31(24-49-35)22-42(4)36(45)41-33(26(3)43)34(44)38-29(20-27-12-7-5-8-13-27)17-18-30(21-28-14-9-6-10-15-28)40-37(46)47-23-32-16-11-19-48-32/h5-16,19,24-26,29-30,33,43H,17-18,20-23H2,1-4H3,(H,38,44)(H,40,46)(H,41,45)/t26?,29-,30-,33+/m1/s1. The number of aliphatic hydroxyl groups is 1. The van der Waals surface area contributed by atoms with Crippen LogP contribution < -0.4 is 16.0 Å². The highest BCUT2D eigenvalue weighted by Crippen LogP contribution is 2.20. The molecule has 4 rings (SSSR count). The highest BCUT2D eigenvalue weighted by molar-refractivity contribution is 7.10. The molecule has 4 atom stereocenters. The molecule has 0 spiro atoms. The lowest BCUT2D eigenvalue weighted by Crippen LogP contribution is -2.56. The Morgan fingerprint density at radius 3 is 1.98 bits per heavy atom. The number of aromatic nitrogens is 1. The summed E-state index contributed by atoms with van der Waals surface area (Å²) in [6.07, 6.45) is 0.518. The predicted octanol–water partition coefficient (Wildman–Crippen LogP) is 6.26. The Morgan fingerprint density at radius 2 is 1.45 bits per heavy atom. The first-order chi connectivity index (χ1) is 23.6. The molecule has 1 unspecified atom stereocenters. The molecule has 0 radical (unpaired) electrons. The van der Waals surface area contributed by atoms with E-state index in [1.54, 1.807) is 18.4 Å². The van der Waals surface area contributed by atoms with Gasteiger partial charge in [-0.05, 0) is 55.2 Å². The fraction of sp³-hybridized carbons (Fsp3) is 0.405. The Labute approximate surface area is 296 Å². The van der Waals surface area contributed by atoms with Crippen LogP contribution in [0.15, 0.2) is 83.6 Å². The fourth-order valence-electron chi connectivity index (χ4n) is 5.30. The minimum atomic E-state index is -1.18. The molecule has 0 bridgehead atoms. The van der Waals surface area contributed by atoms with Crippen LogP contribution in [0.2, 0.25) is 0 Å². The van der Waals surface area contributed by atoms with Crippen LogP contribution in [0, 0.1) is 0 Å². The summed E-state index contributed by atoms with van der Waals surface area (Å²) in [6, 6.07) is 21.2. The zero-order valence-corrected chi connectivity index (χ0v) is 30.1. The largest absolute Gasteiger partial charge is 0.444 e. The maximum Gasteiger partial charge on any atom is 0.407 e. The van der Waals surface area contributed by atoms with Gasteiger partial charge < -0.3 is 30.7 Å². The van der Waals surface area contributed by atoms with Gasteiger partial charge in [-0.15, -0.1) is 22.7 Å². The summed E-state index contributed by atoms with van der Waals surface area (Å²) in [5.74, 6) is -0.198. The average molecular weight is 706 g/mol. The van der Waals surface area contributed by atoms with Crippen molar-refractivity contribution in [3.63, 3.8) is 0 Å². The monoisotopic (exact) mass is 705 g/mol. The number of nitrogens with one attached hydrogen (secondary N) is 3. The van der Waals surface area contributed by atoms with E-state index < -0.39 is 30.2 Å². The molecule has 49 heavy (non-hydrogen) atoms. The van der Waals surface area contributed by atoms with E-state index in [4.69, 9.17) is 4.74 Å². The van der Waals surface area contributed by atoms with Gasteiger partial charge in [0.1, 0.15) is 12.6 Å². The minimum absolute atomic E-state index is 0.193. The zero-order chi connectivity index (χ0) is 35.2. The molecule has 2 heterocycles. The Bertz CT molecular complexity index is 1580. The molecule has 4 amide bonds. The first-order valence-corrected chi connectivity index (χ1v) is 18.3. The number of hydrogen-bond donors (Lipinski definition) is 4. The third kappa shape index (κ3) is 12.6. The average Bonchev–Trinajstić information content (AvgIpc) is 3.78. The van der Waals surface area contributed by atoms with Crippen molar-refractivity contribution < 1.29 is 24.2 Å². The normalized spacial score (nSPS) is 13.6. The number of hydrogen-bond acceptors (Lipinski definition) is 8. The molecule has 2 aromatic carbocycles. The molecule has 262 valence electrons. The number of rotatable bonds is 17.